The van der Waals surface area contributed by atoms with E-state index in [-0.39, 0.29) is 32.3 Å². The number of ether oxygens (including phenoxy) is 1. The molecule has 0 bridgehead atoms. The van der Waals surface area contributed by atoms with Gasteiger partial charge < -0.3 is 4.74 Å². The van der Waals surface area contributed by atoms with Gasteiger partial charge in [-0.3, -0.25) is 4.52 Å². The fraction of sp³-hybridized carbons (Fsp3) is 1.00. The zero-order chi connectivity index (χ0) is 6.41. The third-order valence-corrected chi connectivity index (χ3v) is 0.976. The normalized spacial score (nSPS) is 12.7. The molecule has 0 aliphatic rings. The zero-order valence-corrected chi connectivity index (χ0v) is 5.85. The smallest absolute Gasteiger partial charge is 0.329 e. The lowest BCUT2D eigenvalue weighted by atomic mass is 10.7. The molecule has 0 aromatic rings. The van der Waals surface area contributed by atoms with Crippen molar-refractivity contribution in [3.8, 4) is 0 Å². The van der Waals surface area contributed by atoms with Crippen LogP contribution in [0.1, 0.15) is 13.8 Å². The van der Waals surface area contributed by atoms with Gasteiger partial charge in [-0.1, -0.05) is 0 Å². The van der Waals surface area contributed by atoms with Crippen molar-refractivity contribution in [3.05, 3.63) is 0 Å². The van der Waals surface area contributed by atoms with Crippen LogP contribution in [0.2, 0.25) is 0 Å². The maximum absolute atomic E-state index is 9.69. The fourth-order valence-corrected chi connectivity index (χ4v) is 0.508. The van der Waals surface area contributed by atoms with Crippen LogP contribution < -0.4 is 0 Å². The minimum atomic E-state index is -0.362. The number of hydrogen-bond acceptors (Lipinski definition) is 3. The third-order valence-electron chi connectivity index (χ3n) is 0.593. The van der Waals surface area contributed by atoms with Gasteiger partial charge in [-0.2, -0.15) is 0 Å². The second kappa shape index (κ2) is 8.55. The van der Waals surface area contributed by atoms with E-state index in [1.165, 1.54) is 0 Å². The van der Waals surface area contributed by atoms with Crippen LogP contribution >= 0.6 is 8.69 Å². The summed E-state index contributed by atoms with van der Waals surface area (Å²) in [5.74, 6) is 0. The molecule has 0 spiro atoms. The summed E-state index contributed by atoms with van der Waals surface area (Å²) < 4.78 is 19.0. The van der Waals surface area contributed by atoms with E-state index in [4.69, 9.17) is 4.74 Å². The summed E-state index contributed by atoms with van der Waals surface area (Å²) in [6.45, 7) is 4.12. The van der Waals surface area contributed by atoms with Crippen LogP contribution in [-0.4, -0.2) is 30.3 Å². The molecule has 0 radical (unpaired) electrons. The quantitative estimate of drug-likeness (QED) is 0.344. The van der Waals surface area contributed by atoms with E-state index in [1.54, 1.807) is 6.92 Å². The first kappa shape index (κ1) is 12.2. The molecule has 0 heterocycles. The predicted molar refractivity (Wildman–Crippen MR) is 39.7 cm³/mol. The van der Waals surface area contributed by atoms with Crippen molar-refractivity contribution in [1.29, 1.82) is 0 Å². The Morgan fingerprint density at radius 2 is 2.22 bits per heavy atom. The van der Waals surface area contributed by atoms with Crippen LogP contribution in [0.4, 0.5) is 0 Å². The number of rotatable bonds is 4. The van der Waals surface area contributed by atoms with Crippen molar-refractivity contribution < 1.29 is 13.8 Å². The summed E-state index contributed by atoms with van der Waals surface area (Å²) in [5, 5.41) is 0. The van der Waals surface area contributed by atoms with Crippen LogP contribution in [0, 0.1) is 0 Å². The Morgan fingerprint density at radius 1 is 1.67 bits per heavy atom. The van der Waals surface area contributed by atoms with E-state index in [1.807, 2.05) is 6.92 Å². The van der Waals surface area contributed by atoms with E-state index < -0.39 is 0 Å². The molecule has 0 aliphatic heterocycles. The summed E-state index contributed by atoms with van der Waals surface area (Å²) in [6.07, 6.45) is -0.362. The van der Waals surface area contributed by atoms with Crippen LogP contribution in [0.25, 0.3) is 0 Å². The Hall–Kier alpha value is 0.552. The first-order valence-corrected chi connectivity index (χ1v) is 3.14. The first-order valence-electron chi connectivity index (χ1n) is 2.41. The minimum absolute atomic E-state index is 0. The Balaban J connectivity index is 0. The summed E-state index contributed by atoms with van der Waals surface area (Å²) in [7, 11) is -0.326. The molecule has 0 rings (SSSR count). The summed E-state index contributed by atoms with van der Waals surface area (Å²) >= 11 is 0. The van der Waals surface area contributed by atoms with Crippen molar-refractivity contribution in [2.24, 2.45) is 0 Å². The summed E-state index contributed by atoms with van der Waals surface area (Å²) in [6, 6.07) is 0. The monoisotopic (exact) mass is 166 g/mol. The van der Waals surface area contributed by atoms with E-state index in [2.05, 4.69) is 4.52 Å². The average molecular weight is 166 g/mol. The topological polar surface area (TPSA) is 35.5 Å². The molecule has 0 aromatic carbocycles. The minimum Gasteiger partial charge on any atom is -0.352 e. The van der Waals surface area contributed by atoms with Crippen molar-refractivity contribution in [3.63, 3.8) is 0 Å². The molecule has 5 heteroatoms. The Morgan fingerprint density at radius 3 is 2.56 bits per heavy atom. The molecular formula is C4H12AlO3P. The van der Waals surface area contributed by atoms with Gasteiger partial charge in [-0.25, -0.2) is 4.57 Å². The molecule has 0 saturated carbocycles. The Kier molecular flexibility index (Phi) is 11.6. The van der Waals surface area contributed by atoms with E-state index in [0.717, 1.165) is 0 Å². The Bertz CT molecular complexity index is 70.8. The van der Waals surface area contributed by atoms with Crippen LogP contribution in [-0.2, 0) is 13.8 Å². The molecule has 0 N–H and O–H groups in total. The molecule has 1 unspecified atom stereocenters. The van der Waals surface area contributed by atoms with Crippen molar-refractivity contribution in [2.75, 3.05) is 6.61 Å². The van der Waals surface area contributed by atoms with Crippen LogP contribution in [0.3, 0.4) is 0 Å². The highest BCUT2D eigenvalue weighted by Gasteiger charge is 1.96. The van der Waals surface area contributed by atoms with Gasteiger partial charge in [0.05, 0.1) is 0 Å². The van der Waals surface area contributed by atoms with Crippen LogP contribution in [0.5, 0.6) is 0 Å². The Labute approximate surface area is 67.1 Å². The molecule has 0 aliphatic carbocycles. The van der Waals surface area contributed by atoms with Gasteiger partial charge in [0.25, 0.3) is 0 Å². The van der Waals surface area contributed by atoms with Gasteiger partial charge in [0, 0.05) is 6.61 Å². The summed E-state index contributed by atoms with van der Waals surface area (Å²) in [4.78, 5) is 0. The van der Waals surface area contributed by atoms with Gasteiger partial charge in [-0.15, -0.1) is 0 Å². The molecule has 0 aromatic heterocycles. The van der Waals surface area contributed by atoms with E-state index in [9.17, 15) is 4.57 Å². The van der Waals surface area contributed by atoms with Gasteiger partial charge >= 0.3 is 8.69 Å². The SMILES string of the molecule is CCOC(C)OP=O.[AlH3]. The van der Waals surface area contributed by atoms with Crippen molar-refractivity contribution >= 4 is 26.0 Å². The third kappa shape index (κ3) is 8.55. The highest BCUT2D eigenvalue weighted by atomic mass is 31.1. The lowest BCUT2D eigenvalue weighted by Crippen LogP contribution is -2.06. The first-order chi connectivity index (χ1) is 3.81. The lowest BCUT2D eigenvalue weighted by molar-refractivity contribution is -0.0540. The van der Waals surface area contributed by atoms with Crippen LogP contribution in [0.15, 0.2) is 0 Å². The average Bonchev–Trinajstić information content (AvgIpc) is 1.68. The van der Waals surface area contributed by atoms with Gasteiger partial charge in [0.1, 0.15) is 0 Å². The van der Waals surface area contributed by atoms with Gasteiger partial charge in [-0.05, 0) is 13.8 Å². The molecule has 3 nitrogen and oxygen atoms in total. The molecule has 0 fully saturated rings. The summed E-state index contributed by atoms with van der Waals surface area (Å²) in [5.41, 5.74) is 0. The van der Waals surface area contributed by atoms with Crippen molar-refractivity contribution in [1.82, 2.24) is 0 Å². The molecule has 0 amide bonds. The molecular weight excluding hydrogens is 154 g/mol. The predicted octanol–water partition coefficient (Wildman–Crippen LogP) is 0.408. The molecule has 0 saturated heterocycles. The van der Waals surface area contributed by atoms with E-state index >= 15 is 0 Å². The standard InChI is InChI=1S/C4H9O3P.Al.3H/c1-3-6-4(2)7-8-5;;;;/h4H,3H2,1-2H3;;;;. The maximum atomic E-state index is 9.69. The second-order valence-electron chi connectivity index (χ2n) is 1.20. The molecule has 54 valence electrons. The lowest BCUT2D eigenvalue weighted by Gasteiger charge is -2.04. The van der Waals surface area contributed by atoms with Crippen molar-refractivity contribution in [2.45, 2.75) is 20.1 Å². The zero-order valence-electron chi connectivity index (χ0n) is 4.96. The second-order valence-corrected chi connectivity index (χ2v) is 1.56. The fourth-order valence-electron chi connectivity index (χ4n) is 0.326. The van der Waals surface area contributed by atoms with Gasteiger partial charge in [0.2, 0.25) is 0 Å². The molecule has 9 heavy (non-hydrogen) atoms. The molecule has 1 atom stereocenters. The van der Waals surface area contributed by atoms with E-state index in [0.29, 0.717) is 6.61 Å². The maximum Gasteiger partial charge on any atom is 0.329 e. The highest BCUT2D eigenvalue weighted by molar-refractivity contribution is 7.17. The highest BCUT2D eigenvalue weighted by Crippen LogP contribution is 2.02. The number of hydrogen-bond donors (Lipinski definition) is 0. The largest absolute Gasteiger partial charge is 0.352 e. The van der Waals surface area contributed by atoms with Gasteiger partial charge in [0.15, 0.2) is 23.7 Å².